The van der Waals surface area contributed by atoms with Gasteiger partial charge < -0.3 is 9.64 Å². The van der Waals surface area contributed by atoms with Crippen LogP contribution in [-0.4, -0.2) is 24.1 Å². The summed E-state index contributed by atoms with van der Waals surface area (Å²) in [5, 5.41) is 1.08. The molecule has 0 saturated carbocycles. The summed E-state index contributed by atoms with van der Waals surface area (Å²) >= 11 is 5.25. The van der Waals surface area contributed by atoms with Crippen LogP contribution in [0.3, 0.4) is 0 Å². The van der Waals surface area contributed by atoms with Crippen molar-refractivity contribution in [2.45, 2.75) is 31.3 Å². The zero-order valence-corrected chi connectivity index (χ0v) is 18.1. The number of halogens is 1. The van der Waals surface area contributed by atoms with Crippen molar-refractivity contribution >= 4 is 33.6 Å². The minimum atomic E-state index is -0.437. The van der Waals surface area contributed by atoms with E-state index in [-0.39, 0.29) is 11.8 Å². The Labute approximate surface area is 172 Å². The third-order valence-corrected chi connectivity index (χ3v) is 6.99. The molecule has 2 aromatic rings. The number of hydrogen-bond acceptors (Lipinski definition) is 3. The van der Waals surface area contributed by atoms with Crippen molar-refractivity contribution in [2.75, 3.05) is 13.3 Å². The molecule has 0 aliphatic carbocycles. The molecule has 0 unspecified atom stereocenters. The van der Waals surface area contributed by atoms with Crippen LogP contribution in [0.5, 0.6) is 5.75 Å². The van der Waals surface area contributed by atoms with E-state index in [1.54, 1.807) is 16.7 Å². The average Bonchev–Trinajstić information content (AvgIpc) is 2.96. The van der Waals surface area contributed by atoms with E-state index in [9.17, 15) is 4.79 Å². The normalized spacial score (nSPS) is 24.8. The summed E-state index contributed by atoms with van der Waals surface area (Å²) < 4.78 is 7.55. The Morgan fingerprint density at radius 2 is 1.96 bits per heavy atom. The van der Waals surface area contributed by atoms with Gasteiger partial charge in [-0.1, -0.05) is 46.3 Å². The van der Waals surface area contributed by atoms with Crippen molar-refractivity contribution in [3.05, 3.63) is 74.7 Å². The van der Waals surface area contributed by atoms with E-state index in [4.69, 9.17) is 4.74 Å². The smallest absolute Gasteiger partial charge is 0.231 e. The molecule has 0 fully saturated rings. The summed E-state index contributed by atoms with van der Waals surface area (Å²) in [6.45, 7) is 2.15. The molecule has 2 aromatic carbocycles. The number of hydrogen-bond donors (Lipinski definition) is 0. The van der Waals surface area contributed by atoms with Gasteiger partial charge >= 0.3 is 0 Å². The lowest BCUT2D eigenvalue weighted by molar-refractivity contribution is -0.125. The SMILES string of the molecule is CSC1=C([C@H]2C[C@](C)(c3ccccc3)Oc3ccc(Br)cc32)CC(=O)N1C. The number of carbonyl (C=O) groups excluding carboxylic acids is 1. The van der Waals surface area contributed by atoms with Gasteiger partial charge in [-0.3, -0.25) is 4.79 Å². The molecule has 2 aliphatic heterocycles. The maximum absolute atomic E-state index is 12.4. The maximum atomic E-state index is 12.4. The number of carbonyl (C=O) groups is 1. The number of amides is 1. The van der Waals surface area contributed by atoms with Gasteiger partial charge in [0, 0.05) is 29.4 Å². The van der Waals surface area contributed by atoms with Crippen LogP contribution >= 0.6 is 27.7 Å². The highest BCUT2D eigenvalue weighted by Gasteiger charge is 2.43. The van der Waals surface area contributed by atoms with Crippen LogP contribution in [0.25, 0.3) is 0 Å². The molecule has 4 rings (SSSR count). The van der Waals surface area contributed by atoms with Gasteiger partial charge in [0.25, 0.3) is 0 Å². The number of benzene rings is 2. The summed E-state index contributed by atoms with van der Waals surface area (Å²) in [4.78, 5) is 14.2. The number of fused-ring (bicyclic) bond motifs is 1. The first-order valence-corrected chi connectivity index (χ1v) is 11.0. The Balaban J connectivity index is 1.86. The summed E-state index contributed by atoms with van der Waals surface area (Å²) in [5.74, 6) is 1.21. The second kappa shape index (κ2) is 7.02. The van der Waals surface area contributed by atoms with Crippen molar-refractivity contribution in [3.63, 3.8) is 0 Å². The summed E-state index contributed by atoms with van der Waals surface area (Å²) in [5.41, 5.74) is 3.09. The topological polar surface area (TPSA) is 29.5 Å². The lowest BCUT2D eigenvalue weighted by Gasteiger charge is -2.41. The van der Waals surface area contributed by atoms with Crippen molar-refractivity contribution < 1.29 is 9.53 Å². The molecule has 2 heterocycles. The van der Waals surface area contributed by atoms with Gasteiger partial charge in [0.05, 0.1) is 11.4 Å². The third kappa shape index (κ3) is 3.21. The van der Waals surface area contributed by atoms with Crippen LogP contribution in [-0.2, 0) is 10.4 Å². The van der Waals surface area contributed by atoms with E-state index in [1.165, 1.54) is 5.57 Å². The van der Waals surface area contributed by atoms with Gasteiger partial charge in [-0.25, -0.2) is 0 Å². The van der Waals surface area contributed by atoms with Crippen molar-refractivity contribution in [1.29, 1.82) is 0 Å². The molecule has 140 valence electrons. The molecule has 0 spiro atoms. The molecule has 5 heteroatoms. The molecule has 0 bridgehead atoms. The lowest BCUT2D eigenvalue weighted by Crippen LogP contribution is -2.36. The van der Waals surface area contributed by atoms with E-state index in [1.807, 2.05) is 31.5 Å². The summed E-state index contributed by atoms with van der Waals surface area (Å²) in [7, 11) is 1.87. The molecule has 3 nitrogen and oxygen atoms in total. The first kappa shape index (κ1) is 18.6. The Morgan fingerprint density at radius 3 is 2.67 bits per heavy atom. The molecular weight excluding hydrogens is 422 g/mol. The summed E-state index contributed by atoms with van der Waals surface area (Å²) in [6, 6.07) is 16.6. The Bertz CT molecular complexity index is 927. The second-order valence-corrected chi connectivity index (χ2v) is 9.01. The van der Waals surface area contributed by atoms with Crippen LogP contribution in [0.4, 0.5) is 0 Å². The highest BCUT2D eigenvalue weighted by atomic mass is 79.9. The molecule has 2 atom stereocenters. The Kier molecular flexibility index (Phi) is 4.85. The molecule has 1 amide bonds. The van der Waals surface area contributed by atoms with Crippen LogP contribution in [0.1, 0.15) is 36.8 Å². The molecule has 0 N–H and O–H groups in total. The minimum Gasteiger partial charge on any atom is -0.483 e. The molecule has 2 aliphatic rings. The van der Waals surface area contributed by atoms with E-state index >= 15 is 0 Å². The second-order valence-electron chi connectivity index (χ2n) is 7.30. The van der Waals surface area contributed by atoms with Gasteiger partial charge in [-0.05, 0) is 42.5 Å². The highest BCUT2D eigenvalue weighted by molar-refractivity contribution is 9.10. The molecular formula is C22H22BrNO2S. The zero-order valence-electron chi connectivity index (χ0n) is 15.7. The van der Waals surface area contributed by atoms with Crippen molar-refractivity contribution in [1.82, 2.24) is 4.90 Å². The fourth-order valence-corrected chi connectivity index (χ4v) is 5.40. The van der Waals surface area contributed by atoms with E-state index in [2.05, 4.69) is 53.2 Å². The number of nitrogens with zero attached hydrogens (tertiary/aromatic N) is 1. The van der Waals surface area contributed by atoms with E-state index < -0.39 is 5.60 Å². The van der Waals surface area contributed by atoms with Crippen molar-refractivity contribution in [2.24, 2.45) is 0 Å². The predicted molar refractivity (Wildman–Crippen MR) is 114 cm³/mol. The fraction of sp³-hybridized carbons (Fsp3) is 0.318. The minimum absolute atomic E-state index is 0.146. The first-order chi connectivity index (χ1) is 12.9. The zero-order chi connectivity index (χ0) is 19.2. The number of rotatable bonds is 3. The molecule has 0 saturated heterocycles. The van der Waals surface area contributed by atoms with E-state index in [0.717, 1.165) is 32.8 Å². The summed E-state index contributed by atoms with van der Waals surface area (Å²) in [6.07, 6.45) is 3.33. The maximum Gasteiger partial charge on any atom is 0.231 e. The number of thioether (sulfide) groups is 1. The van der Waals surface area contributed by atoms with E-state index in [0.29, 0.717) is 6.42 Å². The molecule has 27 heavy (non-hydrogen) atoms. The standard InChI is InChI=1S/C22H22BrNO2S/c1-22(14-7-5-4-6-8-14)13-18(16-11-15(23)9-10-19(16)26-22)17-12-20(25)24(2)21(17)27-3/h4-11,18H,12-13H2,1-3H3/t18-,22+/m0/s1. The van der Waals surface area contributed by atoms with Gasteiger partial charge in [-0.15, -0.1) is 11.8 Å². The fourth-order valence-electron chi connectivity index (χ4n) is 4.17. The quantitative estimate of drug-likeness (QED) is 0.611. The molecule has 0 aromatic heterocycles. The highest BCUT2D eigenvalue weighted by Crippen LogP contribution is 2.52. The van der Waals surface area contributed by atoms with Crippen LogP contribution in [0, 0.1) is 0 Å². The van der Waals surface area contributed by atoms with Gasteiger partial charge in [-0.2, -0.15) is 0 Å². The van der Waals surface area contributed by atoms with Gasteiger partial charge in [0.15, 0.2) is 0 Å². The predicted octanol–water partition coefficient (Wildman–Crippen LogP) is 5.67. The molecule has 0 radical (unpaired) electrons. The first-order valence-electron chi connectivity index (χ1n) is 9.00. The van der Waals surface area contributed by atoms with Crippen LogP contribution < -0.4 is 4.74 Å². The number of ether oxygens (including phenoxy) is 1. The van der Waals surface area contributed by atoms with Crippen LogP contribution in [0.2, 0.25) is 0 Å². The Morgan fingerprint density at radius 1 is 1.22 bits per heavy atom. The monoisotopic (exact) mass is 443 g/mol. The largest absolute Gasteiger partial charge is 0.483 e. The van der Waals surface area contributed by atoms with Gasteiger partial charge in [0.2, 0.25) is 5.91 Å². The van der Waals surface area contributed by atoms with Gasteiger partial charge in [0.1, 0.15) is 11.4 Å². The van der Waals surface area contributed by atoms with Crippen molar-refractivity contribution in [3.8, 4) is 5.75 Å². The average molecular weight is 444 g/mol. The third-order valence-electron chi connectivity index (χ3n) is 5.57. The Hall–Kier alpha value is -1.72. The lowest BCUT2D eigenvalue weighted by atomic mass is 9.76. The van der Waals surface area contributed by atoms with Crippen LogP contribution in [0.15, 0.2) is 63.6 Å².